The summed E-state index contributed by atoms with van der Waals surface area (Å²) in [5.41, 5.74) is 8.22. The highest BCUT2D eigenvalue weighted by molar-refractivity contribution is 7.80. The minimum absolute atomic E-state index is 0.517. The Balaban J connectivity index is 2.31. The Morgan fingerprint density at radius 2 is 2.09 bits per heavy atom. The first-order chi connectivity index (χ1) is 11.0. The number of hydrazone groups is 1. The summed E-state index contributed by atoms with van der Waals surface area (Å²) in [6.07, 6.45) is 1.78. The second-order valence-corrected chi connectivity index (χ2v) is 6.09. The third-order valence-corrected chi connectivity index (χ3v) is 4.30. The van der Waals surface area contributed by atoms with E-state index in [1.807, 2.05) is 26.0 Å². The molecule has 1 aromatic carbocycles. The molecule has 2 rings (SSSR count). The van der Waals surface area contributed by atoms with Crippen LogP contribution in [0.1, 0.15) is 29.4 Å². The van der Waals surface area contributed by atoms with E-state index in [-0.39, 0.29) is 0 Å². The van der Waals surface area contributed by atoms with Gasteiger partial charge in [-0.1, -0.05) is 17.7 Å². The molecule has 6 heteroatoms. The van der Waals surface area contributed by atoms with Gasteiger partial charge in [-0.05, 0) is 63.7 Å². The summed E-state index contributed by atoms with van der Waals surface area (Å²) in [5.74, 6) is 0. The molecule has 23 heavy (non-hydrogen) atoms. The van der Waals surface area contributed by atoms with Crippen molar-refractivity contribution in [1.82, 2.24) is 15.3 Å². The Bertz CT molecular complexity index is 749. The van der Waals surface area contributed by atoms with Crippen molar-refractivity contribution in [3.05, 3.63) is 51.8 Å². The number of aryl methyl sites for hydroxylation is 1. The summed E-state index contributed by atoms with van der Waals surface area (Å²) < 4.78 is 2.19. The van der Waals surface area contributed by atoms with E-state index in [1.54, 1.807) is 6.21 Å². The summed E-state index contributed by atoms with van der Waals surface area (Å²) in [4.78, 5) is 0. The van der Waals surface area contributed by atoms with Crippen molar-refractivity contribution in [3.8, 4) is 5.69 Å². The Labute approximate surface area is 147 Å². The first-order valence-electron chi connectivity index (χ1n) is 7.47. The van der Waals surface area contributed by atoms with Crippen LogP contribution in [0.5, 0.6) is 0 Å². The van der Waals surface area contributed by atoms with E-state index < -0.39 is 0 Å². The smallest absolute Gasteiger partial charge is 0.186 e. The molecule has 4 nitrogen and oxygen atoms in total. The number of hydrogen-bond donors (Lipinski definition) is 2. The van der Waals surface area contributed by atoms with Crippen molar-refractivity contribution < 1.29 is 0 Å². The van der Waals surface area contributed by atoms with Crippen LogP contribution in [-0.4, -0.2) is 22.4 Å². The van der Waals surface area contributed by atoms with Gasteiger partial charge in [-0.15, -0.1) is 0 Å². The predicted molar refractivity (Wildman–Crippen MR) is 102 cm³/mol. The zero-order valence-corrected chi connectivity index (χ0v) is 15.3. The molecule has 2 N–H and O–H groups in total. The summed E-state index contributed by atoms with van der Waals surface area (Å²) in [6, 6.07) is 8.04. The molecule has 0 atom stereocenters. The van der Waals surface area contributed by atoms with Gasteiger partial charge in [-0.25, -0.2) is 0 Å². The van der Waals surface area contributed by atoms with Gasteiger partial charge in [-0.2, -0.15) is 5.10 Å². The first-order valence-corrected chi connectivity index (χ1v) is 8.25. The summed E-state index contributed by atoms with van der Waals surface area (Å²) >= 11 is 11.3. The van der Waals surface area contributed by atoms with Gasteiger partial charge in [0.1, 0.15) is 0 Å². The molecule has 0 radical (unpaired) electrons. The van der Waals surface area contributed by atoms with E-state index in [0.29, 0.717) is 5.11 Å². The van der Waals surface area contributed by atoms with Crippen LogP contribution in [0.25, 0.3) is 5.69 Å². The molecule has 0 saturated heterocycles. The Hall–Kier alpha value is -1.85. The van der Waals surface area contributed by atoms with Crippen LogP contribution in [0.3, 0.4) is 0 Å². The van der Waals surface area contributed by atoms with Crippen LogP contribution in [0.2, 0.25) is 5.02 Å². The number of benzene rings is 1. The van der Waals surface area contributed by atoms with Gasteiger partial charge < -0.3 is 9.88 Å². The number of nitrogens with zero attached hydrogens (tertiary/aromatic N) is 2. The SMILES string of the molecule is CCNC(=S)NN=Cc1cc(C)n(-c2cccc(Cl)c2C)c1C. The van der Waals surface area contributed by atoms with Gasteiger partial charge in [0.2, 0.25) is 0 Å². The molecular formula is C17H21ClN4S. The second-order valence-electron chi connectivity index (χ2n) is 5.28. The fraction of sp³-hybridized carbons (Fsp3) is 0.294. The normalized spacial score (nSPS) is 11.0. The molecule has 122 valence electrons. The maximum atomic E-state index is 6.25. The largest absolute Gasteiger partial charge is 0.362 e. The van der Waals surface area contributed by atoms with Crippen molar-refractivity contribution in [2.75, 3.05) is 6.54 Å². The molecule has 0 spiro atoms. The molecule has 0 aliphatic rings. The van der Waals surface area contributed by atoms with Crippen LogP contribution < -0.4 is 10.7 Å². The molecule has 0 aliphatic heterocycles. The van der Waals surface area contributed by atoms with Crippen molar-refractivity contribution in [2.45, 2.75) is 27.7 Å². The van der Waals surface area contributed by atoms with Crippen LogP contribution in [-0.2, 0) is 0 Å². The molecule has 1 heterocycles. The molecule has 2 aromatic rings. The molecular weight excluding hydrogens is 328 g/mol. The second kappa shape index (κ2) is 7.62. The highest BCUT2D eigenvalue weighted by Crippen LogP contribution is 2.26. The lowest BCUT2D eigenvalue weighted by Crippen LogP contribution is -2.31. The third-order valence-electron chi connectivity index (χ3n) is 3.66. The Kier molecular flexibility index (Phi) is 5.80. The van der Waals surface area contributed by atoms with E-state index in [9.17, 15) is 0 Å². The zero-order chi connectivity index (χ0) is 17.0. The fourth-order valence-electron chi connectivity index (χ4n) is 2.49. The molecule has 0 saturated carbocycles. The number of halogens is 1. The van der Waals surface area contributed by atoms with Gasteiger partial charge in [0.15, 0.2) is 5.11 Å². The van der Waals surface area contributed by atoms with Crippen molar-refractivity contribution >= 4 is 35.1 Å². The number of hydrogen-bond acceptors (Lipinski definition) is 2. The topological polar surface area (TPSA) is 41.4 Å². The number of aromatic nitrogens is 1. The third kappa shape index (κ3) is 3.92. The van der Waals surface area contributed by atoms with Crippen molar-refractivity contribution in [1.29, 1.82) is 0 Å². The molecule has 0 aliphatic carbocycles. The number of rotatable bonds is 4. The number of thiocarbonyl (C=S) groups is 1. The summed E-state index contributed by atoms with van der Waals surface area (Å²) in [6.45, 7) is 8.92. The molecule has 0 unspecified atom stereocenters. The zero-order valence-electron chi connectivity index (χ0n) is 13.8. The van der Waals surface area contributed by atoms with Gasteiger partial charge >= 0.3 is 0 Å². The lowest BCUT2D eigenvalue weighted by Gasteiger charge is -2.13. The predicted octanol–water partition coefficient (Wildman–Crippen LogP) is 3.87. The van der Waals surface area contributed by atoms with E-state index in [2.05, 4.69) is 46.4 Å². The first kappa shape index (κ1) is 17.5. The van der Waals surface area contributed by atoms with Gasteiger partial charge in [0.25, 0.3) is 0 Å². The summed E-state index contributed by atoms with van der Waals surface area (Å²) in [5, 5.41) is 8.46. The van der Waals surface area contributed by atoms with Crippen LogP contribution in [0, 0.1) is 20.8 Å². The van der Waals surface area contributed by atoms with E-state index in [4.69, 9.17) is 23.8 Å². The highest BCUT2D eigenvalue weighted by Gasteiger charge is 2.12. The molecule has 0 fully saturated rings. The molecule has 0 amide bonds. The standard InChI is InChI=1S/C17H21ClN4S/c1-5-19-17(23)21-20-10-14-9-11(2)22(13(14)4)16-8-6-7-15(18)12(16)3/h6-10H,5H2,1-4H3,(H2,19,21,23). The van der Waals surface area contributed by atoms with E-state index in [1.165, 1.54) is 0 Å². The minimum atomic E-state index is 0.517. The Morgan fingerprint density at radius 1 is 1.35 bits per heavy atom. The van der Waals surface area contributed by atoms with Gasteiger partial charge in [-0.3, -0.25) is 5.43 Å². The quantitative estimate of drug-likeness (QED) is 0.500. The lowest BCUT2D eigenvalue weighted by atomic mass is 10.2. The molecule has 1 aromatic heterocycles. The monoisotopic (exact) mass is 348 g/mol. The van der Waals surface area contributed by atoms with Crippen molar-refractivity contribution in [3.63, 3.8) is 0 Å². The van der Waals surface area contributed by atoms with Crippen LogP contribution in [0.4, 0.5) is 0 Å². The number of nitrogens with one attached hydrogen (secondary N) is 2. The average Bonchev–Trinajstić information content (AvgIpc) is 2.77. The van der Waals surface area contributed by atoms with Crippen LogP contribution in [0.15, 0.2) is 29.4 Å². The van der Waals surface area contributed by atoms with Gasteiger partial charge in [0, 0.05) is 34.2 Å². The Morgan fingerprint density at radius 3 is 2.78 bits per heavy atom. The highest BCUT2D eigenvalue weighted by atomic mass is 35.5. The van der Waals surface area contributed by atoms with Crippen LogP contribution >= 0.6 is 23.8 Å². The summed E-state index contributed by atoms with van der Waals surface area (Å²) in [7, 11) is 0. The lowest BCUT2D eigenvalue weighted by molar-refractivity contribution is 0.903. The fourth-order valence-corrected chi connectivity index (χ4v) is 2.85. The maximum Gasteiger partial charge on any atom is 0.186 e. The van der Waals surface area contributed by atoms with E-state index in [0.717, 1.165) is 39.8 Å². The van der Waals surface area contributed by atoms with Crippen molar-refractivity contribution in [2.24, 2.45) is 5.10 Å². The molecule has 0 bridgehead atoms. The minimum Gasteiger partial charge on any atom is -0.362 e. The van der Waals surface area contributed by atoms with Gasteiger partial charge in [0.05, 0.1) is 6.21 Å². The maximum absolute atomic E-state index is 6.25. The average molecular weight is 349 g/mol. The van der Waals surface area contributed by atoms with E-state index >= 15 is 0 Å².